The lowest BCUT2D eigenvalue weighted by molar-refractivity contribution is -0.137. The Kier molecular flexibility index (Phi) is 3.79. The van der Waals surface area contributed by atoms with Crippen molar-refractivity contribution >= 4 is 5.69 Å². The summed E-state index contributed by atoms with van der Waals surface area (Å²) in [5, 5.41) is 3.35. The minimum Gasteiger partial charge on any atom is -0.382 e. The molecule has 1 saturated carbocycles. The van der Waals surface area contributed by atoms with E-state index in [1.807, 2.05) is 0 Å². The summed E-state index contributed by atoms with van der Waals surface area (Å²) in [5.41, 5.74) is 0.500. The normalized spacial score (nSPS) is 23.1. The van der Waals surface area contributed by atoms with Crippen LogP contribution in [0.5, 0.6) is 0 Å². The van der Waals surface area contributed by atoms with Gasteiger partial charge in [-0.1, -0.05) is 20.3 Å². The van der Waals surface area contributed by atoms with Gasteiger partial charge in [0.15, 0.2) is 0 Å². The fourth-order valence-corrected chi connectivity index (χ4v) is 2.81. The van der Waals surface area contributed by atoms with Crippen molar-refractivity contribution in [2.75, 3.05) is 5.32 Å². The third-order valence-electron chi connectivity index (χ3n) is 3.79. The average Bonchev–Trinajstić information content (AvgIpc) is 2.27. The van der Waals surface area contributed by atoms with Gasteiger partial charge in [0, 0.05) is 11.7 Å². The molecule has 0 amide bonds. The second-order valence-corrected chi connectivity index (χ2v) is 6.18. The lowest BCUT2D eigenvalue weighted by Crippen LogP contribution is -2.31. The van der Waals surface area contributed by atoms with E-state index in [2.05, 4.69) is 19.2 Å². The summed E-state index contributed by atoms with van der Waals surface area (Å²) in [7, 11) is 0. The minimum atomic E-state index is -4.26. The molecular weight excluding hydrogens is 251 g/mol. The van der Waals surface area contributed by atoms with Crippen LogP contribution in [-0.4, -0.2) is 6.04 Å². The Morgan fingerprint density at radius 1 is 1.16 bits per heavy atom. The largest absolute Gasteiger partial charge is 0.416 e. The highest BCUT2D eigenvalue weighted by Crippen LogP contribution is 2.36. The van der Waals surface area contributed by atoms with Crippen LogP contribution >= 0.6 is 0 Å². The molecule has 1 aromatic carbocycles. The van der Waals surface area contributed by atoms with Crippen molar-refractivity contribution in [3.05, 3.63) is 29.8 Å². The zero-order valence-corrected chi connectivity index (χ0v) is 11.3. The van der Waals surface area contributed by atoms with Crippen molar-refractivity contribution in [3.8, 4) is 0 Å². The first-order chi connectivity index (χ1) is 8.76. The summed E-state index contributed by atoms with van der Waals surface area (Å²) in [4.78, 5) is 0. The number of hydrogen-bond acceptors (Lipinski definition) is 1. The first-order valence-electron chi connectivity index (χ1n) is 6.70. The molecule has 1 atom stereocenters. The lowest BCUT2D eigenvalue weighted by Gasteiger charge is -2.36. The molecule has 1 aromatic rings. The summed E-state index contributed by atoms with van der Waals surface area (Å²) >= 11 is 0. The Labute approximate surface area is 112 Å². The zero-order valence-electron chi connectivity index (χ0n) is 11.3. The van der Waals surface area contributed by atoms with Gasteiger partial charge in [0.05, 0.1) is 5.56 Å². The molecule has 1 nitrogen and oxygen atoms in total. The fraction of sp³-hybridized carbons (Fsp3) is 0.600. The molecule has 0 saturated heterocycles. The molecule has 0 aromatic heterocycles. The van der Waals surface area contributed by atoms with Crippen LogP contribution in [0.4, 0.5) is 18.9 Å². The average molecular weight is 271 g/mol. The predicted octanol–water partition coefficient (Wildman–Crippen LogP) is 5.09. The zero-order chi connectivity index (χ0) is 14.1. The predicted molar refractivity (Wildman–Crippen MR) is 71.1 cm³/mol. The molecule has 1 aliphatic carbocycles. The van der Waals surface area contributed by atoms with Crippen molar-refractivity contribution in [1.82, 2.24) is 0 Å². The van der Waals surface area contributed by atoms with Gasteiger partial charge in [-0.25, -0.2) is 0 Å². The molecular formula is C15H20F3N. The van der Waals surface area contributed by atoms with Gasteiger partial charge in [0.1, 0.15) is 0 Å². The van der Waals surface area contributed by atoms with Crippen LogP contribution in [0.1, 0.15) is 45.1 Å². The van der Waals surface area contributed by atoms with Gasteiger partial charge in [-0.05, 0) is 48.9 Å². The molecule has 1 unspecified atom stereocenters. The molecule has 1 N–H and O–H groups in total. The van der Waals surface area contributed by atoms with E-state index < -0.39 is 11.7 Å². The first-order valence-corrected chi connectivity index (χ1v) is 6.70. The Bertz CT molecular complexity index is 420. The molecule has 2 rings (SSSR count). The van der Waals surface area contributed by atoms with E-state index in [9.17, 15) is 13.2 Å². The number of benzene rings is 1. The van der Waals surface area contributed by atoms with Crippen LogP contribution in [-0.2, 0) is 6.18 Å². The third kappa shape index (κ3) is 3.88. The smallest absolute Gasteiger partial charge is 0.382 e. The highest BCUT2D eigenvalue weighted by atomic mass is 19.4. The minimum absolute atomic E-state index is 0.321. The molecule has 0 heterocycles. The van der Waals surface area contributed by atoms with E-state index in [1.54, 1.807) is 0 Å². The Balaban J connectivity index is 2.00. The molecule has 0 spiro atoms. The standard InChI is InChI=1S/C15H20F3N/c1-14(2)9-3-4-13(10-14)19-12-7-5-11(6-8-12)15(16,17)18/h5-8,13,19H,3-4,9-10H2,1-2H3. The molecule has 1 aliphatic rings. The van der Waals surface area contributed by atoms with Crippen LogP contribution in [0.15, 0.2) is 24.3 Å². The van der Waals surface area contributed by atoms with Gasteiger partial charge in [-0.15, -0.1) is 0 Å². The van der Waals surface area contributed by atoms with Crippen LogP contribution in [0, 0.1) is 5.41 Å². The SMILES string of the molecule is CC1(C)CCCC(Nc2ccc(C(F)(F)F)cc2)C1. The van der Waals surface area contributed by atoms with Crippen molar-refractivity contribution in [2.45, 2.75) is 51.7 Å². The van der Waals surface area contributed by atoms with Crippen molar-refractivity contribution in [3.63, 3.8) is 0 Å². The summed E-state index contributed by atoms with van der Waals surface area (Å²) in [6, 6.07) is 5.67. The molecule has 19 heavy (non-hydrogen) atoms. The van der Waals surface area contributed by atoms with Crippen LogP contribution in [0.25, 0.3) is 0 Å². The lowest BCUT2D eigenvalue weighted by atomic mass is 9.75. The van der Waals surface area contributed by atoms with Crippen molar-refractivity contribution in [1.29, 1.82) is 0 Å². The van der Waals surface area contributed by atoms with Crippen LogP contribution < -0.4 is 5.32 Å². The van der Waals surface area contributed by atoms with E-state index in [4.69, 9.17) is 0 Å². The molecule has 0 radical (unpaired) electrons. The molecule has 0 aliphatic heterocycles. The Morgan fingerprint density at radius 2 is 1.79 bits per heavy atom. The van der Waals surface area contributed by atoms with Gasteiger partial charge in [0.25, 0.3) is 0 Å². The van der Waals surface area contributed by atoms with E-state index in [-0.39, 0.29) is 0 Å². The molecule has 0 bridgehead atoms. The molecule has 1 fully saturated rings. The van der Waals surface area contributed by atoms with E-state index in [1.165, 1.54) is 25.0 Å². The summed E-state index contributed by atoms with van der Waals surface area (Å²) in [6.45, 7) is 4.49. The second kappa shape index (κ2) is 5.06. The molecule has 106 valence electrons. The van der Waals surface area contributed by atoms with Gasteiger partial charge >= 0.3 is 6.18 Å². The summed E-state index contributed by atoms with van der Waals surface area (Å²) < 4.78 is 37.4. The van der Waals surface area contributed by atoms with Crippen molar-refractivity contribution < 1.29 is 13.2 Å². The number of rotatable bonds is 2. The van der Waals surface area contributed by atoms with Gasteiger partial charge in [0.2, 0.25) is 0 Å². The van der Waals surface area contributed by atoms with Crippen LogP contribution in [0.2, 0.25) is 0 Å². The topological polar surface area (TPSA) is 12.0 Å². The van der Waals surface area contributed by atoms with E-state index in [0.29, 0.717) is 11.5 Å². The fourth-order valence-electron chi connectivity index (χ4n) is 2.81. The van der Waals surface area contributed by atoms with E-state index >= 15 is 0 Å². The van der Waals surface area contributed by atoms with Crippen LogP contribution in [0.3, 0.4) is 0 Å². The van der Waals surface area contributed by atoms with E-state index in [0.717, 1.165) is 30.7 Å². The molecule has 4 heteroatoms. The van der Waals surface area contributed by atoms with Crippen molar-refractivity contribution in [2.24, 2.45) is 5.41 Å². The summed E-state index contributed by atoms with van der Waals surface area (Å²) in [5.74, 6) is 0. The first kappa shape index (κ1) is 14.2. The number of nitrogens with one attached hydrogen (secondary N) is 1. The Morgan fingerprint density at radius 3 is 2.32 bits per heavy atom. The number of alkyl halides is 3. The summed E-state index contributed by atoms with van der Waals surface area (Å²) in [6.07, 6.45) is 0.285. The third-order valence-corrected chi connectivity index (χ3v) is 3.79. The maximum atomic E-state index is 12.5. The van der Waals surface area contributed by atoms with Gasteiger partial charge < -0.3 is 5.32 Å². The maximum absolute atomic E-state index is 12.5. The quantitative estimate of drug-likeness (QED) is 0.790. The highest BCUT2D eigenvalue weighted by Gasteiger charge is 2.30. The van der Waals surface area contributed by atoms with Gasteiger partial charge in [-0.2, -0.15) is 13.2 Å². The highest BCUT2D eigenvalue weighted by molar-refractivity contribution is 5.46. The number of halogens is 3. The monoisotopic (exact) mass is 271 g/mol. The van der Waals surface area contributed by atoms with Gasteiger partial charge in [-0.3, -0.25) is 0 Å². The maximum Gasteiger partial charge on any atom is 0.416 e. The number of anilines is 1. The second-order valence-electron chi connectivity index (χ2n) is 6.18. The number of hydrogen-bond donors (Lipinski definition) is 1. The Hall–Kier alpha value is -1.19.